The Morgan fingerprint density at radius 1 is 1.50 bits per heavy atom. The van der Waals surface area contributed by atoms with Crippen molar-refractivity contribution in [2.75, 3.05) is 11.2 Å². The van der Waals surface area contributed by atoms with Crippen LogP contribution in [0, 0.1) is 0 Å². The first kappa shape index (κ1) is 11.2. The van der Waals surface area contributed by atoms with Gasteiger partial charge in [0.2, 0.25) is 0 Å². The van der Waals surface area contributed by atoms with E-state index in [4.69, 9.17) is 11.6 Å². The monoisotopic (exact) mass is 238 g/mol. The molecule has 0 saturated carbocycles. The van der Waals surface area contributed by atoms with Gasteiger partial charge in [0, 0.05) is 25.2 Å². The van der Waals surface area contributed by atoms with Gasteiger partial charge in [-0.05, 0) is 19.4 Å². The second-order valence-electron chi connectivity index (χ2n) is 3.91. The van der Waals surface area contributed by atoms with Gasteiger partial charge in [-0.3, -0.25) is 0 Å². The summed E-state index contributed by atoms with van der Waals surface area (Å²) in [5.41, 5.74) is 1.99. The SMILES string of the molecule is CC(CCCl)Nc1nccc2c1ncn2C. The summed E-state index contributed by atoms with van der Waals surface area (Å²) in [6.45, 7) is 2.09. The lowest BCUT2D eigenvalue weighted by Crippen LogP contribution is -2.16. The highest BCUT2D eigenvalue weighted by atomic mass is 35.5. The number of aromatic nitrogens is 3. The normalized spacial score (nSPS) is 12.9. The highest BCUT2D eigenvalue weighted by molar-refractivity contribution is 6.17. The van der Waals surface area contributed by atoms with Crippen molar-refractivity contribution in [1.82, 2.24) is 14.5 Å². The maximum atomic E-state index is 5.70. The molecule has 2 aromatic rings. The Morgan fingerprint density at radius 3 is 3.06 bits per heavy atom. The van der Waals surface area contributed by atoms with Gasteiger partial charge in [0.05, 0.1) is 11.8 Å². The second kappa shape index (κ2) is 4.70. The Balaban J connectivity index is 2.30. The number of aryl methyl sites for hydroxylation is 1. The zero-order chi connectivity index (χ0) is 11.5. The number of hydrogen-bond donors (Lipinski definition) is 1. The van der Waals surface area contributed by atoms with Gasteiger partial charge < -0.3 is 9.88 Å². The molecule has 4 nitrogen and oxygen atoms in total. The summed E-state index contributed by atoms with van der Waals surface area (Å²) in [4.78, 5) is 8.65. The number of pyridine rings is 1. The zero-order valence-electron chi connectivity index (χ0n) is 9.44. The van der Waals surface area contributed by atoms with Crippen LogP contribution in [-0.4, -0.2) is 26.5 Å². The van der Waals surface area contributed by atoms with Crippen molar-refractivity contribution < 1.29 is 0 Å². The lowest BCUT2D eigenvalue weighted by atomic mass is 10.2. The first-order valence-electron chi connectivity index (χ1n) is 5.31. The van der Waals surface area contributed by atoms with E-state index in [9.17, 15) is 0 Å². The van der Waals surface area contributed by atoms with Crippen molar-refractivity contribution in [1.29, 1.82) is 0 Å². The number of imidazole rings is 1. The molecule has 0 aliphatic heterocycles. The predicted molar refractivity (Wildman–Crippen MR) is 66.9 cm³/mol. The van der Waals surface area contributed by atoms with Crippen molar-refractivity contribution in [2.24, 2.45) is 7.05 Å². The third-order valence-electron chi connectivity index (χ3n) is 2.57. The fraction of sp³-hybridized carbons (Fsp3) is 0.455. The molecule has 1 N–H and O–H groups in total. The van der Waals surface area contributed by atoms with Crippen molar-refractivity contribution in [3.63, 3.8) is 0 Å². The van der Waals surface area contributed by atoms with E-state index in [-0.39, 0.29) is 0 Å². The average Bonchev–Trinajstić information content (AvgIpc) is 2.62. The fourth-order valence-electron chi connectivity index (χ4n) is 1.64. The molecule has 0 spiro atoms. The topological polar surface area (TPSA) is 42.7 Å². The third kappa shape index (κ3) is 2.11. The van der Waals surface area contributed by atoms with E-state index < -0.39 is 0 Å². The average molecular weight is 239 g/mol. The van der Waals surface area contributed by atoms with E-state index in [1.807, 2.05) is 17.7 Å². The van der Waals surface area contributed by atoms with Crippen LogP contribution >= 0.6 is 11.6 Å². The molecule has 2 heterocycles. The Hall–Kier alpha value is -1.29. The number of alkyl halides is 1. The first-order chi connectivity index (χ1) is 7.72. The molecule has 0 aliphatic carbocycles. The molecule has 0 radical (unpaired) electrons. The van der Waals surface area contributed by atoms with E-state index >= 15 is 0 Å². The number of fused-ring (bicyclic) bond motifs is 1. The minimum Gasteiger partial charge on any atom is -0.366 e. The van der Waals surface area contributed by atoms with Gasteiger partial charge in [-0.1, -0.05) is 0 Å². The van der Waals surface area contributed by atoms with E-state index in [0.29, 0.717) is 11.9 Å². The maximum Gasteiger partial charge on any atom is 0.154 e. The van der Waals surface area contributed by atoms with Crippen LogP contribution < -0.4 is 5.32 Å². The van der Waals surface area contributed by atoms with Gasteiger partial charge >= 0.3 is 0 Å². The van der Waals surface area contributed by atoms with Crippen LogP contribution in [0.3, 0.4) is 0 Å². The van der Waals surface area contributed by atoms with E-state index in [2.05, 4.69) is 22.2 Å². The number of nitrogens with one attached hydrogen (secondary N) is 1. The predicted octanol–water partition coefficient (Wildman–Crippen LogP) is 2.40. The first-order valence-corrected chi connectivity index (χ1v) is 5.84. The van der Waals surface area contributed by atoms with Gasteiger partial charge in [-0.2, -0.15) is 0 Å². The Kier molecular flexibility index (Phi) is 3.29. The number of nitrogens with zero attached hydrogens (tertiary/aromatic N) is 3. The summed E-state index contributed by atoms with van der Waals surface area (Å²) in [5, 5.41) is 3.33. The van der Waals surface area contributed by atoms with Crippen LogP contribution in [0.2, 0.25) is 0 Å². The van der Waals surface area contributed by atoms with E-state index in [1.165, 1.54) is 0 Å². The molecule has 86 valence electrons. The van der Waals surface area contributed by atoms with Gasteiger partial charge in [0.1, 0.15) is 5.52 Å². The van der Waals surface area contributed by atoms with Crippen LogP contribution in [0.1, 0.15) is 13.3 Å². The molecule has 0 aromatic carbocycles. The smallest absolute Gasteiger partial charge is 0.154 e. The van der Waals surface area contributed by atoms with Crippen LogP contribution in [0.15, 0.2) is 18.6 Å². The van der Waals surface area contributed by atoms with Gasteiger partial charge in [-0.25, -0.2) is 9.97 Å². The molecule has 0 aliphatic rings. The molecular formula is C11H15ClN4. The summed E-state index contributed by atoms with van der Waals surface area (Å²) in [6, 6.07) is 2.26. The number of rotatable bonds is 4. The largest absolute Gasteiger partial charge is 0.366 e. The number of halogens is 1. The summed E-state index contributed by atoms with van der Waals surface area (Å²) >= 11 is 5.70. The maximum absolute atomic E-state index is 5.70. The van der Waals surface area contributed by atoms with Crippen molar-refractivity contribution in [3.05, 3.63) is 18.6 Å². The van der Waals surface area contributed by atoms with Crippen LogP contribution in [0.4, 0.5) is 5.82 Å². The quantitative estimate of drug-likeness (QED) is 0.832. The summed E-state index contributed by atoms with van der Waals surface area (Å²) in [6.07, 6.45) is 4.50. The molecule has 0 saturated heterocycles. The molecule has 16 heavy (non-hydrogen) atoms. The molecule has 5 heteroatoms. The Labute approximate surface area is 99.6 Å². The fourth-order valence-corrected chi connectivity index (χ4v) is 1.96. The van der Waals surface area contributed by atoms with Crippen LogP contribution in [-0.2, 0) is 7.05 Å². The third-order valence-corrected chi connectivity index (χ3v) is 2.79. The number of hydrogen-bond acceptors (Lipinski definition) is 3. The lowest BCUT2D eigenvalue weighted by molar-refractivity contribution is 0.765. The summed E-state index contributed by atoms with van der Waals surface area (Å²) in [5.74, 6) is 1.47. The van der Waals surface area contributed by atoms with Crippen molar-refractivity contribution in [3.8, 4) is 0 Å². The minimum absolute atomic E-state index is 0.303. The Morgan fingerprint density at radius 2 is 2.31 bits per heavy atom. The summed E-state index contributed by atoms with van der Waals surface area (Å²) < 4.78 is 1.98. The van der Waals surface area contributed by atoms with E-state index in [1.54, 1.807) is 12.5 Å². The van der Waals surface area contributed by atoms with Gasteiger partial charge in [0.25, 0.3) is 0 Å². The lowest BCUT2D eigenvalue weighted by Gasteiger charge is -2.12. The van der Waals surface area contributed by atoms with Gasteiger partial charge in [-0.15, -0.1) is 11.6 Å². The molecule has 0 bridgehead atoms. The molecule has 0 fully saturated rings. The highest BCUT2D eigenvalue weighted by Crippen LogP contribution is 2.19. The number of anilines is 1. The van der Waals surface area contributed by atoms with Gasteiger partial charge in [0.15, 0.2) is 5.82 Å². The van der Waals surface area contributed by atoms with Crippen molar-refractivity contribution in [2.45, 2.75) is 19.4 Å². The van der Waals surface area contributed by atoms with Crippen molar-refractivity contribution >= 4 is 28.5 Å². The second-order valence-corrected chi connectivity index (χ2v) is 4.28. The summed E-state index contributed by atoms with van der Waals surface area (Å²) in [7, 11) is 1.97. The minimum atomic E-state index is 0.303. The molecule has 1 atom stereocenters. The molecular weight excluding hydrogens is 224 g/mol. The molecule has 2 rings (SSSR count). The van der Waals surface area contributed by atoms with E-state index in [0.717, 1.165) is 23.3 Å². The zero-order valence-corrected chi connectivity index (χ0v) is 10.2. The molecule has 2 aromatic heterocycles. The van der Waals surface area contributed by atoms with Crippen LogP contribution in [0.5, 0.6) is 0 Å². The highest BCUT2D eigenvalue weighted by Gasteiger charge is 2.08. The molecule has 0 amide bonds. The Bertz CT molecular complexity index is 480. The van der Waals surface area contributed by atoms with Crippen LogP contribution in [0.25, 0.3) is 11.0 Å². The molecule has 1 unspecified atom stereocenters. The standard InChI is InChI=1S/C11H15ClN4/c1-8(3-5-12)15-11-10-9(4-6-13-11)16(2)7-14-10/h4,6-8H,3,5H2,1-2H3,(H,13,15).